The maximum Gasteiger partial charge on any atom is 0.260 e. The van der Waals surface area contributed by atoms with E-state index in [9.17, 15) is 4.79 Å². The van der Waals surface area contributed by atoms with Gasteiger partial charge in [0.25, 0.3) is 5.91 Å². The molecular weight excluding hydrogens is 242 g/mol. The van der Waals surface area contributed by atoms with Gasteiger partial charge in [0.05, 0.1) is 5.56 Å². The number of anilines is 1. The van der Waals surface area contributed by atoms with E-state index in [-0.39, 0.29) is 5.91 Å². The van der Waals surface area contributed by atoms with E-state index in [0.29, 0.717) is 23.5 Å². The van der Waals surface area contributed by atoms with E-state index in [4.69, 9.17) is 15.7 Å². The van der Waals surface area contributed by atoms with Crippen molar-refractivity contribution in [2.45, 2.75) is 32.8 Å². The van der Waals surface area contributed by atoms with E-state index < -0.39 is 6.10 Å². The summed E-state index contributed by atoms with van der Waals surface area (Å²) in [6, 6.07) is 6.76. The zero-order valence-corrected chi connectivity index (χ0v) is 11.3. The Hall–Kier alpha value is -2.22. The molecule has 5 heteroatoms. The van der Waals surface area contributed by atoms with E-state index in [0.717, 1.165) is 12.8 Å². The van der Waals surface area contributed by atoms with Crippen molar-refractivity contribution in [1.82, 2.24) is 5.32 Å². The SMILES string of the molecule is CCCCNC(=O)C(C)Oc1ccc(N)cc1C#N. The van der Waals surface area contributed by atoms with Crippen LogP contribution in [-0.2, 0) is 4.79 Å². The Morgan fingerprint density at radius 2 is 2.32 bits per heavy atom. The first kappa shape index (κ1) is 14.8. The number of carbonyl (C=O) groups is 1. The molecule has 1 amide bonds. The van der Waals surface area contributed by atoms with Crippen LogP contribution >= 0.6 is 0 Å². The van der Waals surface area contributed by atoms with Gasteiger partial charge in [0.1, 0.15) is 11.8 Å². The Morgan fingerprint density at radius 1 is 1.58 bits per heavy atom. The molecule has 1 aromatic rings. The summed E-state index contributed by atoms with van der Waals surface area (Å²) in [5, 5.41) is 11.8. The van der Waals surface area contributed by atoms with Gasteiger partial charge in [0.15, 0.2) is 6.10 Å². The van der Waals surface area contributed by atoms with Crippen LogP contribution in [0.5, 0.6) is 5.75 Å². The Balaban J connectivity index is 2.64. The number of nitriles is 1. The van der Waals surface area contributed by atoms with Gasteiger partial charge in [0, 0.05) is 12.2 Å². The van der Waals surface area contributed by atoms with Crippen molar-refractivity contribution in [1.29, 1.82) is 5.26 Å². The average Bonchev–Trinajstić information content (AvgIpc) is 2.40. The quantitative estimate of drug-likeness (QED) is 0.604. The van der Waals surface area contributed by atoms with Gasteiger partial charge in [-0.1, -0.05) is 13.3 Å². The first-order chi connectivity index (χ1) is 9.08. The molecule has 0 heterocycles. The maximum absolute atomic E-state index is 11.7. The summed E-state index contributed by atoms with van der Waals surface area (Å²) in [7, 11) is 0. The largest absolute Gasteiger partial charge is 0.480 e. The Kier molecular flexibility index (Phi) is 5.68. The topological polar surface area (TPSA) is 88.1 Å². The van der Waals surface area contributed by atoms with Crippen molar-refractivity contribution < 1.29 is 9.53 Å². The fourth-order valence-electron chi connectivity index (χ4n) is 1.51. The van der Waals surface area contributed by atoms with E-state index in [1.54, 1.807) is 19.1 Å². The third kappa shape index (κ3) is 4.51. The number of nitrogens with one attached hydrogen (secondary N) is 1. The van der Waals surface area contributed by atoms with Crippen LogP contribution in [0.1, 0.15) is 32.3 Å². The first-order valence-corrected chi connectivity index (χ1v) is 6.32. The smallest absolute Gasteiger partial charge is 0.260 e. The number of nitrogens with two attached hydrogens (primary N) is 1. The molecule has 0 aliphatic heterocycles. The molecule has 1 rings (SSSR count). The Morgan fingerprint density at radius 3 is 2.95 bits per heavy atom. The highest BCUT2D eigenvalue weighted by atomic mass is 16.5. The summed E-state index contributed by atoms with van der Waals surface area (Å²) in [5.41, 5.74) is 6.41. The summed E-state index contributed by atoms with van der Waals surface area (Å²) >= 11 is 0. The molecule has 0 saturated carbocycles. The second-order valence-corrected chi connectivity index (χ2v) is 4.27. The molecular formula is C14H19N3O2. The number of nitrogen functional groups attached to an aromatic ring is 1. The number of hydrogen-bond donors (Lipinski definition) is 2. The zero-order valence-electron chi connectivity index (χ0n) is 11.3. The van der Waals surface area contributed by atoms with Gasteiger partial charge in [-0.3, -0.25) is 4.79 Å². The Labute approximate surface area is 113 Å². The van der Waals surface area contributed by atoms with Crippen molar-refractivity contribution in [2.75, 3.05) is 12.3 Å². The van der Waals surface area contributed by atoms with Crippen molar-refractivity contribution in [3.05, 3.63) is 23.8 Å². The standard InChI is InChI=1S/C14H19N3O2/c1-3-4-7-17-14(18)10(2)19-13-6-5-12(16)8-11(13)9-15/h5-6,8,10H,3-4,7,16H2,1-2H3,(H,17,18). The van der Waals surface area contributed by atoms with E-state index >= 15 is 0 Å². The summed E-state index contributed by atoms with van der Waals surface area (Å²) in [5.74, 6) is 0.184. The molecule has 3 N–H and O–H groups in total. The summed E-state index contributed by atoms with van der Waals surface area (Å²) in [6.45, 7) is 4.34. The number of amides is 1. The van der Waals surface area contributed by atoms with Gasteiger partial charge in [0.2, 0.25) is 0 Å². The molecule has 5 nitrogen and oxygen atoms in total. The summed E-state index contributed by atoms with van der Waals surface area (Å²) < 4.78 is 5.49. The van der Waals surface area contributed by atoms with Crippen molar-refractivity contribution >= 4 is 11.6 Å². The molecule has 19 heavy (non-hydrogen) atoms. The monoisotopic (exact) mass is 261 g/mol. The van der Waals surface area contributed by atoms with Crippen LogP contribution in [0.2, 0.25) is 0 Å². The predicted octanol–water partition coefficient (Wildman–Crippen LogP) is 1.82. The number of benzene rings is 1. The molecule has 0 saturated heterocycles. The van der Waals surface area contributed by atoms with Crippen molar-refractivity contribution in [3.63, 3.8) is 0 Å². The van der Waals surface area contributed by atoms with Crippen LogP contribution in [0, 0.1) is 11.3 Å². The third-order valence-corrected chi connectivity index (χ3v) is 2.63. The van der Waals surface area contributed by atoms with Crippen LogP contribution in [0.15, 0.2) is 18.2 Å². The summed E-state index contributed by atoms with van der Waals surface area (Å²) in [6.07, 6.45) is 1.31. The fourth-order valence-corrected chi connectivity index (χ4v) is 1.51. The fraction of sp³-hybridized carbons (Fsp3) is 0.429. The van der Waals surface area contributed by atoms with E-state index in [2.05, 4.69) is 12.2 Å². The lowest BCUT2D eigenvalue weighted by atomic mass is 10.2. The Bertz CT molecular complexity index is 480. The molecule has 1 atom stereocenters. The maximum atomic E-state index is 11.7. The normalized spacial score (nSPS) is 11.4. The van der Waals surface area contributed by atoms with Crippen LogP contribution < -0.4 is 15.8 Å². The predicted molar refractivity (Wildman–Crippen MR) is 73.6 cm³/mol. The summed E-state index contributed by atoms with van der Waals surface area (Å²) in [4.78, 5) is 11.7. The average molecular weight is 261 g/mol. The molecule has 0 aliphatic rings. The van der Waals surface area contributed by atoms with Gasteiger partial charge in [-0.05, 0) is 31.5 Å². The number of carbonyl (C=O) groups excluding carboxylic acids is 1. The third-order valence-electron chi connectivity index (χ3n) is 2.63. The number of nitrogens with zero attached hydrogens (tertiary/aromatic N) is 1. The highest BCUT2D eigenvalue weighted by molar-refractivity contribution is 5.80. The molecule has 1 unspecified atom stereocenters. The van der Waals surface area contributed by atoms with E-state index in [1.165, 1.54) is 6.07 Å². The molecule has 0 fully saturated rings. The molecule has 0 radical (unpaired) electrons. The minimum absolute atomic E-state index is 0.186. The molecule has 0 aliphatic carbocycles. The lowest BCUT2D eigenvalue weighted by Crippen LogP contribution is -2.36. The number of unbranched alkanes of at least 4 members (excludes halogenated alkanes) is 1. The highest BCUT2D eigenvalue weighted by Crippen LogP contribution is 2.21. The van der Waals surface area contributed by atoms with Gasteiger partial charge in [-0.25, -0.2) is 0 Å². The van der Waals surface area contributed by atoms with Crippen molar-refractivity contribution in [3.8, 4) is 11.8 Å². The van der Waals surface area contributed by atoms with Gasteiger partial charge in [-0.2, -0.15) is 5.26 Å². The van der Waals surface area contributed by atoms with Crippen LogP contribution in [-0.4, -0.2) is 18.6 Å². The van der Waals surface area contributed by atoms with Gasteiger partial charge < -0.3 is 15.8 Å². The number of rotatable bonds is 6. The number of hydrogen-bond acceptors (Lipinski definition) is 4. The van der Waals surface area contributed by atoms with Crippen LogP contribution in [0.4, 0.5) is 5.69 Å². The van der Waals surface area contributed by atoms with Crippen molar-refractivity contribution in [2.24, 2.45) is 0 Å². The molecule has 0 spiro atoms. The van der Waals surface area contributed by atoms with E-state index in [1.807, 2.05) is 6.07 Å². The lowest BCUT2D eigenvalue weighted by molar-refractivity contribution is -0.127. The lowest BCUT2D eigenvalue weighted by Gasteiger charge is -2.15. The molecule has 1 aromatic carbocycles. The number of ether oxygens (including phenoxy) is 1. The second kappa shape index (κ2) is 7.27. The minimum Gasteiger partial charge on any atom is -0.480 e. The van der Waals surface area contributed by atoms with Crippen LogP contribution in [0.3, 0.4) is 0 Å². The second-order valence-electron chi connectivity index (χ2n) is 4.27. The molecule has 0 bridgehead atoms. The van der Waals surface area contributed by atoms with Gasteiger partial charge in [-0.15, -0.1) is 0 Å². The highest BCUT2D eigenvalue weighted by Gasteiger charge is 2.15. The van der Waals surface area contributed by atoms with Crippen LogP contribution in [0.25, 0.3) is 0 Å². The zero-order chi connectivity index (χ0) is 14.3. The first-order valence-electron chi connectivity index (χ1n) is 6.32. The minimum atomic E-state index is -0.646. The molecule has 102 valence electrons. The van der Waals surface area contributed by atoms with Gasteiger partial charge >= 0.3 is 0 Å². The molecule has 0 aromatic heterocycles.